The molecule has 3 nitrogen and oxygen atoms in total. The zero-order valence-electron chi connectivity index (χ0n) is 10.3. The quantitative estimate of drug-likeness (QED) is 0.791. The highest BCUT2D eigenvalue weighted by atomic mass is 35.5. The van der Waals surface area contributed by atoms with E-state index in [4.69, 9.17) is 11.6 Å². The maximum atomic E-state index is 6.19. The molecule has 2 rings (SSSR count). The Kier molecular flexibility index (Phi) is 4.51. The van der Waals surface area contributed by atoms with E-state index in [-0.39, 0.29) is 0 Å². The van der Waals surface area contributed by atoms with E-state index in [1.807, 2.05) is 11.8 Å². The Bertz CT molecular complexity index is 386. The normalized spacial score (nSPS) is 20.6. The molecular weight excluding hydrogens is 254 g/mol. The summed E-state index contributed by atoms with van der Waals surface area (Å²) in [6.07, 6.45) is 3.59. The van der Waals surface area contributed by atoms with Gasteiger partial charge in [-0.05, 0) is 13.3 Å². The van der Waals surface area contributed by atoms with Crippen LogP contribution in [0, 0.1) is 0 Å². The SMILES string of the molecule is CCCc1c(Cl)ncnc1N1CCSCC1C. The van der Waals surface area contributed by atoms with Crippen molar-refractivity contribution in [3.63, 3.8) is 0 Å². The molecule has 1 aromatic rings. The predicted octanol–water partition coefficient (Wildman–Crippen LogP) is 3.02. The highest BCUT2D eigenvalue weighted by Crippen LogP contribution is 2.29. The molecule has 1 atom stereocenters. The second-order valence-corrected chi connectivity index (χ2v) is 5.84. The number of nitrogens with zero attached hydrogens (tertiary/aromatic N) is 3. The summed E-state index contributed by atoms with van der Waals surface area (Å²) in [5.41, 5.74) is 1.11. The molecule has 0 aromatic carbocycles. The summed E-state index contributed by atoms with van der Waals surface area (Å²) in [7, 11) is 0. The Hall–Kier alpha value is -0.480. The highest BCUT2D eigenvalue weighted by molar-refractivity contribution is 7.99. The number of hydrogen-bond acceptors (Lipinski definition) is 4. The summed E-state index contributed by atoms with van der Waals surface area (Å²) >= 11 is 8.20. The van der Waals surface area contributed by atoms with Crippen LogP contribution in [0.1, 0.15) is 25.8 Å². The van der Waals surface area contributed by atoms with Crippen LogP contribution in [-0.4, -0.2) is 34.1 Å². The lowest BCUT2D eigenvalue weighted by Gasteiger charge is -2.35. The van der Waals surface area contributed by atoms with Crippen molar-refractivity contribution in [3.05, 3.63) is 17.0 Å². The predicted molar refractivity (Wildman–Crippen MR) is 75.2 cm³/mol. The van der Waals surface area contributed by atoms with E-state index in [1.165, 1.54) is 0 Å². The third-order valence-electron chi connectivity index (χ3n) is 3.01. The molecule has 1 saturated heterocycles. The maximum absolute atomic E-state index is 6.19. The fourth-order valence-corrected chi connectivity index (χ4v) is 3.37. The van der Waals surface area contributed by atoms with Crippen molar-refractivity contribution in [2.24, 2.45) is 0 Å². The van der Waals surface area contributed by atoms with Crippen molar-refractivity contribution in [3.8, 4) is 0 Å². The van der Waals surface area contributed by atoms with Gasteiger partial charge in [0.05, 0.1) is 0 Å². The summed E-state index contributed by atoms with van der Waals surface area (Å²) in [6.45, 7) is 5.45. The molecule has 5 heteroatoms. The fraction of sp³-hybridized carbons (Fsp3) is 0.667. The summed E-state index contributed by atoms with van der Waals surface area (Å²) in [6, 6.07) is 0.523. The molecular formula is C12H18ClN3S. The standard InChI is InChI=1S/C12H18ClN3S/c1-3-4-10-11(13)14-8-15-12(10)16-5-6-17-7-9(16)2/h8-9H,3-7H2,1-2H3. The van der Waals surface area contributed by atoms with Gasteiger partial charge in [0.2, 0.25) is 0 Å². The average molecular weight is 272 g/mol. The van der Waals surface area contributed by atoms with Gasteiger partial charge in [0.15, 0.2) is 0 Å². The molecule has 0 radical (unpaired) electrons. The molecule has 1 aliphatic heterocycles. The summed E-state index contributed by atoms with van der Waals surface area (Å²) in [4.78, 5) is 10.9. The third-order valence-corrected chi connectivity index (χ3v) is 4.52. The van der Waals surface area contributed by atoms with Crippen molar-refractivity contribution in [1.82, 2.24) is 9.97 Å². The molecule has 1 aromatic heterocycles. The summed E-state index contributed by atoms with van der Waals surface area (Å²) < 4.78 is 0. The van der Waals surface area contributed by atoms with Crippen LogP contribution in [0.3, 0.4) is 0 Å². The van der Waals surface area contributed by atoms with Gasteiger partial charge in [0.25, 0.3) is 0 Å². The molecule has 0 aliphatic carbocycles. The van der Waals surface area contributed by atoms with Gasteiger partial charge in [-0.1, -0.05) is 24.9 Å². The van der Waals surface area contributed by atoms with Crippen molar-refractivity contribution >= 4 is 29.2 Å². The molecule has 0 N–H and O–H groups in total. The van der Waals surface area contributed by atoms with Gasteiger partial charge in [-0.25, -0.2) is 9.97 Å². The van der Waals surface area contributed by atoms with E-state index in [1.54, 1.807) is 6.33 Å². The first kappa shape index (κ1) is 13.0. The van der Waals surface area contributed by atoms with E-state index in [0.717, 1.165) is 42.3 Å². The van der Waals surface area contributed by atoms with Gasteiger partial charge in [-0.15, -0.1) is 0 Å². The topological polar surface area (TPSA) is 29.0 Å². The summed E-state index contributed by atoms with van der Waals surface area (Å²) in [5.74, 6) is 3.37. The van der Waals surface area contributed by atoms with Crippen molar-refractivity contribution in [2.75, 3.05) is 23.0 Å². The van der Waals surface area contributed by atoms with Crippen LogP contribution in [0.2, 0.25) is 5.15 Å². The Morgan fingerprint density at radius 1 is 1.53 bits per heavy atom. The van der Waals surface area contributed by atoms with Gasteiger partial charge in [0, 0.05) is 29.7 Å². The number of hydrogen-bond donors (Lipinski definition) is 0. The second kappa shape index (κ2) is 5.91. The first-order valence-corrected chi connectivity index (χ1v) is 7.61. The molecule has 94 valence electrons. The summed E-state index contributed by atoms with van der Waals surface area (Å²) in [5, 5.41) is 0.613. The molecule has 0 saturated carbocycles. The minimum Gasteiger partial charge on any atom is -0.352 e. The molecule has 17 heavy (non-hydrogen) atoms. The molecule has 0 bridgehead atoms. The average Bonchev–Trinajstić information content (AvgIpc) is 2.33. The molecule has 1 aliphatic rings. The zero-order chi connectivity index (χ0) is 12.3. The monoisotopic (exact) mass is 271 g/mol. The van der Waals surface area contributed by atoms with Gasteiger partial charge < -0.3 is 4.90 Å². The van der Waals surface area contributed by atoms with Crippen LogP contribution in [0.5, 0.6) is 0 Å². The first-order valence-electron chi connectivity index (χ1n) is 6.07. The van der Waals surface area contributed by atoms with Crippen LogP contribution >= 0.6 is 23.4 Å². The lowest BCUT2D eigenvalue weighted by molar-refractivity contribution is 0.681. The molecule has 1 fully saturated rings. The minimum atomic E-state index is 0.523. The van der Waals surface area contributed by atoms with Crippen LogP contribution < -0.4 is 4.90 Å². The number of halogens is 1. The Balaban J connectivity index is 2.32. The van der Waals surface area contributed by atoms with Crippen LogP contribution in [0.4, 0.5) is 5.82 Å². The van der Waals surface area contributed by atoms with E-state index >= 15 is 0 Å². The van der Waals surface area contributed by atoms with E-state index in [2.05, 4.69) is 28.7 Å². The maximum Gasteiger partial charge on any atom is 0.137 e. The number of anilines is 1. The highest BCUT2D eigenvalue weighted by Gasteiger charge is 2.23. The largest absolute Gasteiger partial charge is 0.352 e. The van der Waals surface area contributed by atoms with Crippen molar-refractivity contribution in [2.45, 2.75) is 32.7 Å². The third kappa shape index (κ3) is 2.86. The molecule has 0 amide bonds. The lowest BCUT2D eigenvalue weighted by Crippen LogP contribution is -2.41. The smallest absolute Gasteiger partial charge is 0.137 e. The van der Waals surface area contributed by atoms with Crippen LogP contribution in [0.25, 0.3) is 0 Å². The number of rotatable bonds is 3. The van der Waals surface area contributed by atoms with E-state index < -0.39 is 0 Å². The Labute approximate surface area is 112 Å². The van der Waals surface area contributed by atoms with Gasteiger partial charge in [0.1, 0.15) is 17.3 Å². The zero-order valence-corrected chi connectivity index (χ0v) is 11.9. The number of aromatic nitrogens is 2. The minimum absolute atomic E-state index is 0.523. The van der Waals surface area contributed by atoms with Gasteiger partial charge in [-0.3, -0.25) is 0 Å². The Morgan fingerprint density at radius 2 is 2.35 bits per heavy atom. The van der Waals surface area contributed by atoms with E-state index in [0.29, 0.717) is 11.2 Å². The van der Waals surface area contributed by atoms with Gasteiger partial charge >= 0.3 is 0 Å². The molecule has 0 spiro atoms. The van der Waals surface area contributed by atoms with Crippen LogP contribution in [0.15, 0.2) is 6.33 Å². The van der Waals surface area contributed by atoms with Crippen molar-refractivity contribution < 1.29 is 0 Å². The van der Waals surface area contributed by atoms with E-state index in [9.17, 15) is 0 Å². The lowest BCUT2D eigenvalue weighted by atomic mass is 10.1. The fourth-order valence-electron chi connectivity index (χ4n) is 2.14. The Morgan fingerprint density at radius 3 is 3.06 bits per heavy atom. The molecule has 2 heterocycles. The molecule has 1 unspecified atom stereocenters. The van der Waals surface area contributed by atoms with Gasteiger partial charge in [-0.2, -0.15) is 11.8 Å². The van der Waals surface area contributed by atoms with Crippen LogP contribution in [-0.2, 0) is 6.42 Å². The first-order chi connectivity index (χ1) is 8.24. The number of thioether (sulfide) groups is 1. The second-order valence-electron chi connectivity index (χ2n) is 4.33. The van der Waals surface area contributed by atoms with Crippen molar-refractivity contribution in [1.29, 1.82) is 0 Å².